The lowest BCUT2D eigenvalue weighted by Gasteiger charge is -2.47. The van der Waals surface area contributed by atoms with Crippen LogP contribution in [0.3, 0.4) is 0 Å². The lowest BCUT2D eigenvalue weighted by Crippen LogP contribution is -2.38. The van der Waals surface area contributed by atoms with Gasteiger partial charge in [-0.25, -0.2) is 0 Å². The van der Waals surface area contributed by atoms with Crippen molar-refractivity contribution in [2.24, 2.45) is 0 Å². The molecule has 0 fully saturated rings. The Morgan fingerprint density at radius 1 is 0.525 bits per heavy atom. The maximum absolute atomic E-state index is 10.4. The molecule has 0 saturated carbocycles. The number of benzene rings is 6. The Balaban J connectivity index is 1.40. The summed E-state index contributed by atoms with van der Waals surface area (Å²) in [6.45, 7) is 24.7. The molecule has 2 aliphatic rings. The predicted octanol–water partition coefficient (Wildman–Crippen LogP) is 14.8. The summed E-state index contributed by atoms with van der Waals surface area (Å²) in [6.07, 6.45) is 5.00. The highest BCUT2D eigenvalue weighted by molar-refractivity contribution is 5.96. The summed E-state index contributed by atoms with van der Waals surface area (Å²) < 4.78 is 0. The fraction of sp³-hybridized carbons (Fsp3) is 0.268. The molecule has 2 atom stereocenters. The molecule has 0 N–H and O–H groups in total. The molecular formula is C56H57N3. The standard InChI is InChI=1S/C56H57N3/c1-36-16-23-45(30-38(36)3)58(43-25-19-41(20-26-43)54(5,6)7)52-33-51-47-14-12-13-15-48(47)53(34-56(51,11)50-32-40(35-57)18-29-49(50)52)59(46-24-17-37(2)39(4)31-46)44-27-21-42(22-28-44)55(8,9)10/h12-34,51H,1-11H3. The fourth-order valence-corrected chi connectivity index (χ4v) is 9.00. The smallest absolute Gasteiger partial charge is 0.0991 e. The minimum atomic E-state index is -0.496. The summed E-state index contributed by atoms with van der Waals surface area (Å²) in [6, 6.07) is 49.6. The predicted molar refractivity (Wildman–Crippen MR) is 250 cm³/mol. The zero-order valence-electron chi connectivity index (χ0n) is 36.7. The normalized spacial score (nSPS) is 17.2. The van der Waals surface area contributed by atoms with Gasteiger partial charge in [0, 0.05) is 45.2 Å². The van der Waals surface area contributed by atoms with Crippen LogP contribution in [-0.4, -0.2) is 0 Å². The van der Waals surface area contributed by atoms with Gasteiger partial charge in [0.1, 0.15) is 0 Å². The zero-order valence-corrected chi connectivity index (χ0v) is 36.7. The molecular weight excluding hydrogens is 715 g/mol. The van der Waals surface area contributed by atoms with Gasteiger partial charge in [-0.2, -0.15) is 5.26 Å². The first-order valence-electron chi connectivity index (χ1n) is 21.0. The SMILES string of the molecule is Cc1ccc(N(C2=CC3(C)c4cc(C#N)ccc4C(N(c4ccc(C(C)(C)C)cc4)c4ccc(C)c(C)c4)=CC3c3ccccc32)c2ccc(C(C)(C)C)cc2)cc1C. The van der Waals surface area contributed by atoms with E-state index in [0.29, 0.717) is 5.56 Å². The second-order valence-corrected chi connectivity index (χ2v) is 19.1. The summed E-state index contributed by atoms with van der Waals surface area (Å²) in [5.74, 6) is -0.0216. The van der Waals surface area contributed by atoms with Crippen molar-refractivity contribution in [2.75, 3.05) is 9.80 Å². The van der Waals surface area contributed by atoms with E-state index in [0.717, 1.165) is 45.3 Å². The second-order valence-electron chi connectivity index (χ2n) is 19.1. The van der Waals surface area contributed by atoms with Crippen LogP contribution in [0.4, 0.5) is 22.7 Å². The minimum Gasteiger partial charge on any atom is -0.310 e. The first-order chi connectivity index (χ1) is 28.0. The molecule has 0 radical (unpaired) electrons. The molecule has 0 aliphatic heterocycles. The van der Waals surface area contributed by atoms with Gasteiger partial charge in [0.2, 0.25) is 0 Å². The molecule has 3 nitrogen and oxygen atoms in total. The van der Waals surface area contributed by atoms with E-state index in [4.69, 9.17) is 0 Å². The Bertz CT molecular complexity index is 2690. The Morgan fingerprint density at radius 3 is 1.51 bits per heavy atom. The third kappa shape index (κ3) is 7.10. The van der Waals surface area contributed by atoms with Crippen molar-refractivity contribution in [3.63, 3.8) is 0 Å². The molecule has 2 aliphatic carbocycles. The van der Waals surface area contributed by atoms with Gasteiger partial charge >= 0.3 is 0 Å². The second kappa shape index (κ2) is 14.6. The van der Waals surface area contributed by atoms with Gasteiger partial charge in [0.15, 0.2) is 0 Å². The summed E-state index contributed by atoms with van der Waals surface area (Å²) in [7, 11) is 0. The van der Waals surface area contributed by atoms with E-state index in [1.54, 1.807) is 0 Å². The van der Waals surface area contributed by atoms with Crippen LogP contribution >= 0.6 is 0 Å². The highest BCUT2D eigenvalue weighted by atomic mass is 15.2. The molecule has 0 amide bonds. The van der Waals surface area contributed by atoms with Crippen LogP contribution < -0.4 is 9.80 Å². The summed E-state index contributed by atoms with van der Waals surface area (Å²) in [5, 5.41) is 10.4. The maximum Gasteiger partial charge on any atom is 0.0991 e. The number of allylic oxidation sites excluding steroid dienone is 2. The van der Waals surface area contributed by atoms with Crippen molar-refractivity contribution in [1.82, 2.24) is 0 Å². The minimum absolute atomic E-state index is 0.0216. The largest absolute Gasteiger partial charge is 0.310 e. The molecule has 296 valence electrons. The van der Waals surface area contributed by atoms with Gasteiger partial charge in [-0.15, -0.1) is 0 Å². The topological polar surface area (TPSA) is 30.3 Å². The lowest BCUT2D eigenvalue weighted by atomic mass is 9.60. The van der Waals surface area contributed by atoms with Crippen molar-refractivity contribution >= 4 is 34.1 Å². The van der Waals surface area contributed by atoms with E-state index in [1.807, 2.05) is 6.07 Å². The zero-order chi connectivity index (χ0) is 42.0. The average Bonchev–Trinajstić information content (AvgIpc) is 3.21. The molecule has 0 aromatic heterocycles. The maximum atomic E-state index is 10.4. The molecule has 6 aromatic carbocycles. The molecule has 59 heavy (non-hydrogen) atoms. The van der Waals surface area contributed by atoms with E-state index >= 15 is 0 Å². The monoisotopic (exact) mass is 771 g/mol. The van der Waals surface area contributed by atoms with Gasteiger partial charge in [-0.1, -0.05) is 121 Å². The van der Waals surface area contributed by atoms with Gasteiger partial charge in [0.25, 0.3) is 0 Å². The van der Waals surface area contributed by atoms with E-state index in [2.05, 4.69) is 226 Å². The third-order valence-corrected chi connectivity index (χ3v) is 12.9. The Morgan fingerprint density at radius 2 is 1.02 bits per heavy atom. The van der Waals surface area contributed by atoms with Crippen LogP contribution in [0, 0.1) is 39.0 Å². The highest BCUT2D eigenvalue weighted by Crippen LogP contribution is 2.57. The van der Waals surface area contributed by atoms with Crippen molar-refractivity contribution in [3.05, 3.63) is 201 Å². The van der Waals surface area contributed by atoms with Gasteiger partial charge < -0.3 is 9.80 Å². The van der Waals surface area contributed by atoms with E-state index < -0.39 is 5.41 Å². The lowest BCUT2D eigenvalue weighted by molar-refractivity contribution is 0.514. The van der Waals surface area contributed by atoms with Crippen molar-refractivity contribution in [3.8, 4) is 6.07 Å². The number of nitrogens with zero attached hydrogens (tertiary/aromatic N) is 3. The number of anilines is 4. The average molecular weight is 772 g/mol. The number of fused-ring (bicyclic) bond motifs is 5. The number of rotatable bonds is 6. The van der Waals surface area contributed by atoms with Crippen LogP contribution in [0.2, 0.25) is 0 Å². The molecule has 6 aromatic rings. The van der Waals surface area contributed by atoms with Crippen molar-refractivity contribution in [1.29, 1.82) is 5.26 Å². The molecule has 0 spiro atoms. The van der Waals surface area contributed by atoms with Gasteiger partial charge in [-0.05, 0) is 150 Å². The van der Waals surface area contributed by atoms with E-state index in [-0.39, 0.29) is 16.7 Å². The molecule has 8 rings (SSSR count). The molecule has 0 heterocycles. The van der Waals surface area contributed by atoms with Crippen molar-refractivity contribution in [2.45, 2.75) is 98.3 Å². The summed E-state index contributed by atoms with van der Waals surface area (Å²) >= 11 is 0. The van der Waals surface area contributed by atoms with Gasteiger partial charge in [-0.3, -0.25) is 0 Å². The van der Waals surface area contributed by atoms with E-state index in [9.17, 15) is 5.26 Å². The van der Waals surface area contributed by atoms with Crippen LogP contribution in [0.25, 0.3) is 11.4 Å². The number of aryl methyl sites for hydroxylation is 4. The van der Waals surface area contributed by atoms with Crippen LogP contribution in [-0.2, 0) is 16.2 Å². The quantitative estimate of drug-likeness (QED) is 0.169. The van der Waals surface area contributed by atoms with Crippen LogP contribution in [0.15, 0.2) is 140 Å². The number of hydrogen-bond acceptors (Lipinski definition) is 3. The highest BCUT2D eigenvalue weighted by Gasteiger charge is 2.46. The first-order valence-corrected chi connectivity index (χ1v) is 21.0. The Labute approximate surface area is 353 Å². The molecule has 2 unspecified atom stereocenters. The number of nitriles is 1. The van der Waals surface area contributed by atoms with Crippen molar-refractivity contribution < 1.29 is 0 Å². The van der Waals surface area contributed by atoms with Crippen LogP contribution in [0.5, 0.6) is 0 Å². The van der Waals surface area contributed by atoms with Crippen LogP contribution in [0.1, 0.15) is 116 Å². The molecule has 3 heteroatoms. The van der Waals surface area contributed by atoms with E-state index in [1.165, 1.54) is 44.5 Å². The van der Waals surface area contributed by atoms with Gasteiger partial charge in [0.05, 0.1) is 23.0 Å². The summed E-state index contributed by atoms with van der Waals surface area (Å²) in [4.78, 5) is 4.88. The third-order valence-electron chi connectivity index (χ3n) is 12.9. The number of hydrogen-bond donors (Lipinski definition) is 0. The molecule has 0 bridgehead atoms. The summed E-state index contributed by atoms with van der Waals surface area (Å²) in [5.41, 5.74) is 19.3. The molecule has 0 saturated heterocycles. The Kier molecular flexibility index (Phi) is 9.84. The first kappa shape index (κ1) is 39.7. The Hall–Kier alpha value is -6.11. The fourth-order valence-electron chi connectivity index (χ4n) is 9.00.